The van der Waals surface area contributed by atoms with Crippen molar-refractivity contribution in [1.29, 1.82) is 0 Å². The van der Waals surface area contributed by atoms with Crippen LogP contribution < -0.4 is 5.48 Å². The molecule has 1 amide bonds. The highest BCUT2D eigenvalue weighted by molar-refractivity contribution is 7.74. The van der Waals surface area contributed by atoms with Gasteiger partial charge in [0, 0.05) is 12.9 Å². The van der Waals surface area contributed by atoms with E-state index >= 15 is 0 Å². The molecule has 1 aromatic carbocycles. The van der Waals surface area contributed by atoms with Crippen molar-refractivity contribution in [2.45, 2.75) is 26.2 Å². The number of carbonyl (C=O) groups is 1. The lowest BCUT2D eigenvalue weighted by molar-refractivity contribution is -0.774. The summed E-state index contributed by atoms with van der Waals surface area (Å²) < 4.78 is 4.45. The summed E-state index contributed by atoms with van der Waals surface area (Å²) in [6.45, 7) is 6.21. The fraction of sp³-hybridized carbons (Fsp3) is 0.364. The minimum Gasteiger partial charge on any atom is -0.222 e. The van der Waals surface area contributed by atoms with E-state index in [9.17, 15) is 4.79 Å². The van der Waals surface area contributed by atoms with Crippen LogP contribution in [0.25, 0.3) is 0 Å². The van der Waals surface area contributed by atoms with Gasteiger partial charge >= 0.3 is 5.91 Å². The second kappa shape index (κ2) is 4.79. The maximum atomic E-state index is 11.7. The molecule has 0 saturated heterocycles. The van der Waals surface area contributed by atoms with Crippen LogP contribution in [-0.4, -0.2) is 5.91 Å². The zero-order chi connectivity index (χ0) is 11.5. The summed E-state index contributed by atoms with van der Waals surface area (Å²) in [6, 6.07) is 7.53. The molecule has 15 heavy (non-hydrogen) atoms. The van der Waals surface area contributed by atoms with E-state index in [1.807, 2.05) is 18.2 Å². The van der Waals surface area contributed by atoms with Gasteiger partial charge in [-0.25, -0.2) is 4.79 Å². The molecule has 0 fully saturated rings. The third kappa shape index (κ3) is 3.06. The van der Waals surface area contributed by atoms with Crippen molar-refractivity contribution in [1.82, 2.24) is 0 Å². The fourth-order valence-electron chi connectivity index (χ4n) is 1.46. The van der Waals surface area contributed by atoms with E-state index in [2.05, 4.69) is 38.0 Å². The molecule has 0 spiro atoms. The molecule has 1 aromatic rings. The second-order valence-electron chi connectivity index (χ2n) is 4.38. The van der Waals surface area contributed by atoms with Crippen molar-refractivity contribution in [2.75, 3.05) is 0 Å². The van der Waals surface area contributed by atoms with Gasteiger partial charge in [-0.1, -0.05) is 39.0 Å². The Balaban J connectivity index is 3.12. The number of quaternary nitrogens is 1. The smallest absolute Gasteiger partial charge is 0.222 e. The first-order chi connectivity index (χ1) is 6.96. The van der Waals surface area contributed by atoms with Gasteiger partial charge in [0.25, 0.3) is 0 Å². The number of carbonyl (C=O) groups excluding carboxylic acids is 1. The number of thiol groups is 1. The molecule has 0 unspecified atom stereocenters. The highest BCUT2D eigenvalue weighted by Crippen LogP contribution is 2.24. The molecule has 4 heteroatoms. The van der Waals surface area contributed by atoms with Gasteiger partial charge in [-0.3, -0.25) is 0 Å². The highest BCUT2D eigenvalue weighted by Gasteiger charge is 2.23. The Morgan fingerprint density at radius 3 is 2.47 bits per heavy atom. The van der Waals surface area contributed by atoms with Crippen molar-refractivity contribution in [3.63, 3.8) is 0 Å². The Hall–Kier alpha value is -0.840. The van der Waals surface area contributed by atoms with Crippen LogP contribution in [0.3, 0.4) is 0 Å². The van der Waals surface area contributed by atoms with E-state index < -0.39 is 0 Å². The van der Waals surface area contributed by atoms with Crippen LogP contribution >= 0.6 is 12.9 Å². The molecule has 2 N–H and O–H groups in total. The Kier molecular flexibility index (Phi) is 3.90. The molecule has 82 valence electrons. The lowest BCUT2D eigenvalue weighted by Gasteiger charge is -2.20. The Labute approximate surface area is 95.4 Å². The monoisotopic (exact) mass is 226 g/mol. The van der Waals surface area contributed by atoms with Crippen molar-refractivity contribution in [3.05, 3.63) is 35.4 Å². The van der Waals surface area contributed by atoms with Gasteiger partial charge in [-0.15, -0.1) is 9.76 Å². The maximum absolute atomic E-state index is 11.7. The lowest BCUT2D eigenvalue weighted by atomic mass is 9.83. The lowest BCUT2D eigenvalue weighted by Crippen LogP contribution is -2.85. The maximum Gasteiger partial charge on any atom is 0.375 e. The molecule has 1 rings (SSSR count). The predicted octanol–water partition coefficient (Wildman–Crippen LogP) is 1.46. The topological polar surface area (TPSA) is 42.9 Å². The fourth-order valence-corrected chi connectivity index (χ4v) is 1.56. The minimum absolute atomic E-state index is 0.0588. The molecule has 3 nitrogen and oxygen atoms in total. The molecule has 0 saturated carbocycles. The summed E-state index contributed by atoms with van der Waals surface area (Å²) in [5.74, 6) is -0.157. The molecule has 0 radical (unpaired) electrons. The molecular weight excluding hydrogens is 210 g/mol. The second-order valence-corrected chi connectivity index (χ2v) is 4.59. The minimum atomic E-state index is -0.157. The molecule has 0 aliphatic carbocycles. The average Bonchev–Trinajstić information content (AvgIpc) is 2.17. The normalized spacial score (nSPS) is 11.5. The zero-order valence-electron chi connectivity index (χ0n) is 9.15. The number of hydrogen-bond acceptors (Lipinski definition) is 3. The van der Waals surface area contributed by atoms with Gasteiger partial charge in [0.05, 0.1) is 5.56 Å². The van der Waals surface area contributed by atoms with Crippen molar-refractivity contribution in [3.8, 4) is 0 Å². The van der Waals surface area contributed by atoms with Gasteiger partial charge in [0.15, 0.2) is 0 Å². The zero-order valence-corrected chi connectivity index (χ0v) is 10.0. The summed E-state index contributed by atoms with van der Waals surface area (Å²) in [7, 11) is 0. The van der Waals surface area contributed by atoms with Gasteiger partial charge < -0.3 is 0 Å². The summed E-state index contributed by atoms with van der Waals surface area (Å²) in [5.41, 5.74) is 2.72. The van der Waals surface area contributed by atoms with Crippen LogP contribution in [0, 0.1) is 0 Å². The number of rotatable bonds is 2. The summed E-state index contributed by atoms with van der Waals surface area (Å²) in [6.07, 6.45) is 0. The number of benzene rings is 1. The Morgan fingerprint density at radius 1 is 1.33 bits per heavy atom. The van der Waals surface area contributed by atoms with E-state index in [1.165, 1.54) is 0 Å². The van der Waals surface area contributed by atoms with Gasteiger partial charge in [0.2, 0.25) is 0 Å². The molecule has 0 atom stereocenters. The molecule has 0 heterocycles. The van der Waals surface area contributed by atoms with Crippen molar-refractivity contribution in [2.24, 2.45) is 0 Å². The predicted molar refractivity (Wildman–Crippen MR) is 61.5 cm³/mol. The van der Waals surface area contributed by atoms with Crippen LogP contribution in [0.4, 0.5) is 0 Å². The van der Waals surface area contributed by atoms with Crippen LogP contribution in [0.15, 0.2) is 24.3 Å². The third-order valence-electron chi connectivity index (χ3n) is 2.16. The Morgan fingerprint density at radius 2 is 1.93 bits per heavy atom. The Bertz CT molecular complexity index is 358. The van der Waals surface area contributed by atoms with Crippen molar-refractivity contribution < 1.29 is 14.6 Å². The number of amides is 1. The largest absolute Gasteiger partial charge is 0.375 e. The first-order valence-electron chi connectivity index (χ1n) is 4.74. The molecular formula is C11H16NO2S+. The SMILES string of the molecule is CC(C)(C)c1ccccc1C(=O)[NH2+]OS. The number of nitrogens with two attached hydrogens (primary N) is 1. The standard InChI is InChI=1S/C11H15NO2S/c1-11(2,3)9-7-5-4-6-8(9)10(13)12-14-15/h4-7,15H,1-3H3,(H,12,13)/p+1. The van der Waals surface area contributed by atoms with Gasteiger partial charge in [-0.05, 0) is 17.0 Å². The van der Waals surface area contributed by atoms with E-state index in [4.69, 9.17) is 0 Å². The van der Waals surface area contributed by atoms with Crippen LogP contribution in [-0.2, 0) is 9.70 Å². The van der Waals surface area contributed by atoms with E-state index in [0.29, 0.717) is 5.56 Å². The number of primary amides is 1. The van der Waals surface area contributed by atoms with E-state index in [1.54, 1.807) is 6.07 Å². The molecule has 0 bridgehead atoms. The van der Waals surface area contributed by atoms with Gasteiger partial charge in [0.1, 0.15) is 0 Å². The van der Waals surface area contributed by atoms with E-state index in [0.717, 1.165) is 11.0 Å². The quantitative estimate of drug-likeness (QED) is 0.455. The number of hydrogen-bond donors (Lipinski definition) is 2. The van der Waals surface area contributed by atoms with Crippen LogP contribution in [0.5, 0.6) is 0 Å². The van der Waals surface area contributed by atoms with E-state index in [-0.39, 0.29) is 11.3 Å². The van der Waals surface area contributed by atoms with Crippen LogP contribution in [0.1, 0.15) is 36.7 Å². The average molecular weight is 226 g/mol. The molecule has 0 aliphatic rings. The first kappa shape index (κ1) is 12.2. The molecule has 0 aromatic heterocycles. The molecule has 0 aliphatic heterocycles. The van der Waals surface area contributed by atoms with Crippen molar-refractivity contribution >= 4 is 18.8 Å². The number of hydroxylamine groups is 1. The summed E-state index contributed by atoms with van der Waals surface area (Å²) in [4.78, 5) is 11.7. The summed E-state index contributed by atoms with van der Waals surface area (Å²) >= 11 is 3.54. The van der Waals surface area contributed by atoms with Crippen LogP contribution in [0.2, 0.25) is 0 Å². The summed E-state index contributed by atoms with van der Waals surface area (Å²) in [5, 5.41) is 0. The van der Waals surface area contributed by atoms with Gasteiger partial charge in [-0.2, -0.15) is 0 Å². The first-order valence-corrected chi connectivity index (χ1v) is 5.10. The third-order valence-corrected chi connectivity index (χ3v) is 2.27. The highest BCUT2D eigenvalue weighted by atomic mass is 32.1.